The van der Waals surface area contributed by atoms with Crippen LogP contribution in [-0.4, -0.2) is 14.1 Å². The van der Waals surface area contributed by atoms with Gasteiger partial charge in [-0.2, -0.15) is 0 Å². The van der Waals surface area contributed by atoms with Crippen LogP contribution in [0.3, 0.4) is 0 Å². The van der Waals surface area contributed by atoms with E-state index in [4.69, 9.17) is 0 Å². The topological polar surface area (TPSA) is 39.8 Å². The van der Waals surface area contributed by atoms with E-state index in [-0.39, 0.29) is 5.56 Å². The van der Waals surface area contributed by atoms with Crippen molar-refractivity contribution in [1.29, 1.82) is 0 Å². The average Bonchev–Trinajstić information content (AvgIpc) is 2.78. The van der Waals surface area contributed by atoms with E-state index in [0.29, 0.717) is 0 Å². The zero-order chi connectivity index (χ0) is 12.3. The summed E-state index contributed by atoms with van der Waals surface area (Å²) in [5.74, 6) is 0. The lowest BCUT2D eigenvalue weighted by molar-refractivity contribution is 0.550. The molecule has 0 radical (unpaired) electrons. The molecule has 0 aliphatic heterocycles. The van der Waals surface area contributed by atoms with Crippen molar-refractivity contribution < 1.29 is 0 Å². The van der Waals surface area contributed by atoms with Gasteiger partial charge in [-0.15, -0.1) is 0 Å². The monoisotopic (exact) mass is 295 g/mol. The Kier molecular flexibility index (Phi) is 3.78. The van der Waals surface area contributed by atoms with E-state index in [0.717, 1.165) is 29.5 Å². The molecule has 2 heterocycles. The molecule has 2 rings (SSSR count). The quantitative estimate of drug-likeness (QED) is 0.868. The molecule has 0 atom stereocenters. The Bertz CT molecular complexity index is 545. The number of hydrogen-bond acceptors (Lipinski definition) is 2. The van der Waals surface area contributed by atoms with Gasteiger partial charge in [-0.3, -0.25) is 4.79 Å². The maximum Gasteiger partial charge on any atom is 0.253 e. The Morgan fingerprint density at radius 1 is 1.41 bits per heavy atom. The van der Waals surface area contributed by atoms with E-state index in [1.807, 2.05) is 30.0 Å². The van der Waals surface area contributed by atoms with Gasteiger partial charge in [0, 0.05) is 41.7 Å². The molecule has 0 bridgehead atoms. The maximum absolute atomic E-state index is 11.8. The summed E-state index contributed by atoms with van der Waals surface area (Å²) < 4.78 is 4.70. The highest BCUT2D eigenvalue weighted by Gasteiger charge is 2.01. The van der Waals surface area contributed by atoms with Gasteiger partial charge in [0.2, 0.25) is 0 Å². The van der Waals surface area contributed by atoms with Crippen molar-refractivity contribution in [3.05, 3.63) is 51.4 Å². The fourth-order valence-electron chi connectivity index (χ4n) is 1.75. The highest BCUT2D eigenvalue weighted by Crippen LogP contribution is 2.08. The molecule has 4 nitrogen and oxygen atoms in total. The number of imidazole rings is 1. The Morgan fingerprint density at radius 3 is 2.94 bits per heavy atom. The molecule has 0 aromatic carbocycles. The highest BCUT2D eigenvalue weighted by molar-refractivity contribution is 9.10. The minimum atomic E-state index is 0.0823. The maximum atomic E-state index is 11.8. The van der Waals surface area contributed by atoms with Crippen LogP contribution in [0.1, 0.15) is 12.0 Å². The van der Waals surface area contributed by atoms with Crippen LogP contribution in [-0.2, 0) is 13.1 Å². The van der Waals surface area contributed by atoms with Gasteiger partial charge in [-0.25, -0.2) is 4.98 Å². The van der Waals surface area contributed by atoms with E-state index in [2.05, 4.69) is 20.9 Å². The fourth-order valence-corrected chi connectivity index (χ4v) is 2.34. The lowest BCUT2D eigenvalue weighted by Gasteiger charge is -2.08. The Hall–Kier alpha value is -1.36. The summed E-state index contributed by atoms with van der Waals surface area (Å²) in [6, 6.07) is 1.84. The van der Waals surface area contributed by atoms with Crippen molar-refractivity contribution in [3.63, 3.8) is 0 Å². The molecule has 2 aromatic rings. The predicted octanol–water partition coefficient (Wildman–Crippen LogP) is 2.21. The number of nitrogens with zero attached hydrogens (tertiary/aromatic N) is 3. The number of pyridine rings is 1. The van der Waals surface area contributed by atoms with Crippen molar-refractivity contribution in [1.82, 2.24) is 14.1 Å². The standard InChI is InChI=1S/C12H14BrN3O/c1-10-7-11(13)8-16(12(10)17)5-2-4-15-6-3-14-9-15/h3,6-9H,2,4-5H2,1H3. The third kappa shape index (κ3) is 3.06. The molecule has 0 saturated carbocycles. The van der Waals surface area contributed by atoms with Crippen molar-refractivity contribution in [2.45, 2.75) is 26.4 Å². The molecule has 5 heteroatoms. The molecule has 0 spiro atoms. The second-order valence-electron chi connectivity index (χ2n) is 3.99. The molecule has 2 aromatic heterocycles. The van der Waals surface area contributed by atoms with Gasteiger partial charge < -0.3 is 9.13 Å². The summed E-state index contributed by atoms with van der Waals surface area (Å²) in [6.45, 7) is 3.43. The summed E-state index contributed by atoms with van der Waals surface area (Å²) in [5.41, 5.74) is 0.848. The van der Waals surface area contributed by atoms with Crippen molar-refractivity contribution in [2.75, 3.05) is 0 Å². The molecular weight excluding hydrogens is 282 g/mol. The largest absolute Gasteiger partial charge is 0.337 e. The van der Waals surface area contributed by atoms with Crippen molar-refractivity contribution in [2.24, 2.45) is 0 Å². The lowest BCUT2D eigenvalue weighted by Crippen LogP contribution is -2.22. The Balaban J connectivity index is 2.02. The number of aryl methyl sites for hydroxylation is 3. The predicted molar refractivity (Wildman–Crippen MR) is 70.0 cm³/mol. The van der Waals surface area contributed by atoms with E-state index < -0.39 is 0 Å². The van der Waals surface area contributed by atoms with Crippen LogP contribution in [0, 0.1) is 6.92 Å². The number of rotatable bonds is 4. The molecule has 0 N–H and O–H groups in total. The highest BCUT2D eigenvalue weighted by atomic mass is 79.9. The normalized spacial score (nSPS) is 10.7. The van der Waals surface area contributed by atoms with Crippen LogP contribution in [0.5, 0.6) is 0 Å². The Labute approximate surface area is 108 Å². The van der Waals surface area contributed by atoms with Crippen LogP contribution in [0.4, 0.5) is 0 Å². The lowest BCUT2D eigenvalue weighted by atomic mass is 10.3. The van der Waals surface area contributed by atoms with Gasteiger partial charge in [0.15, 0.2) is 0 Å². The second kappa shape index (κ2) is 5.31. The summed E-state index contributed by atoms with van der Waals surface area (Å²) in [4.78, 5) is 15.8. The van der Waals surface area contributed by atoms with Crippen molar-refractivity contribution >= 4 is 15.9 Å². The third-order valence-corrected chi connectivity index (χ3v) is 3.04. The molecule has 90 valence electrons. The zero-order valence-electron chi connectivity index (χ0n) is 9.64. The second-order valence-corrected chi connectivity index (χ2v) is 4.91. The zero-order valence-corrected chi connectivity index (χ0v) is 11.2. The SMILES string of the molecule is Cc1cc(Br)cn(CCCn2ccnc2)c1=O. The first-order valence-electron chi connectivity index (χ1n) is 5.49. The molecule has 0 saturated heterocycles. The van der Waals surface area contributed by atoms with E-state index in [9.17, 15) is 4.79 Å². The average molecular weight is 296 g/mol. The van der Waals surface area contributed by atoms with Crippen LogP contribution < -0.4 is 5.56 Å². The third-order valence-electron chi connectivity index (χ3n) is 2.61. The molecular formula is C12H14BrN3O. The minimum Gasteiger partial charge on any atom is -0.337 e. The van der Waals surface area contributed by atoms with E-state index >= 15 is 0 Å². The Morgan fingerprint density at radius 2 is 2.24 bits per heavy atom. The molecule has 0 aliphatic carbocycles. The minimum absolute atomic E-state index is 0.0823. The summed E-state index contributed by atoms with van der Waals surface area (Å²) in [5, 5.41) is 0. The van der Waals surface area contributed by atoms with Gasteiger partial charge in [0.25, 0.3) is 5.56 Å². The summed E-state index contributed by atoms with van der Waals surface area (Å²) in [6.07, 6.45) is 8.22. The first kappa shape index (κ1) is 12.1. The first-order chi connectivity index (χ1) is 8.16. The number of halogens is 1. The summed E-state index contributed by atoms with van der Waals surface area (Å²) in [7, 11) is 0. The molecule has 0 aliphatic rings. The molecule has 0 amide bonds. The van der Waals surface area contributed by atoms with Gasteiger partial charge in [0.1, 0.15) is 0 Å². The van der Waals surface area contributed by atoms with E-state index in [1.165, 1.54) is 0 Å². The smallest absolute Gasteiger partial charge is 0.253 e. The van der Waals surface area contributed by atoms with Crippen molar-refractivity contribution in [3.8, 4) is 0 Å². The fraction of sp³-hybridized carbons (Fsp3) is 0.333. The molecule has 0 unspecified atom stereocenters. The number of aromatic nitrogens is 3. The van der Waals surface area contributed by atoms with Crippen LogP contribution in [0.15, 0.2) is 40.3 Å². The van der Waals surface area contributed by atoms with Gasteiger partial charge in [-0.05, 0) is 35.3 Å². The van der Waals surface area contributed by atoms with Crippen LogP contribution in [0.25, 0.3) is 0 Å². The van der Waals surface area contributed by atoms with E-state index in [1.54, 1.807) is 17.1 Å². The van der Waals surface area contributed by atoms with Gasteiger partial charge in [-0.1, -0.05) is 0 Å². The van der Waals surface area contributed by atoms with Crippen LogP contribution in [0.2, 0.25) is 0 Å². The summed E-state index contributed by atoms with van der Waals surface area (Å²) >= 11 is 3.40. The molecule has 0 fully saturated rings. The van der Waals surface area contributed by atoms with Gasteiger partial charge >= 0.3 is 0 Å². The number of hydrogen-bond donors (Lipinski definition) is 0. The van der Waals surface area contributed by atoms with Gasteiger partial charge in [0.05, 0.1) is 6.33 Å². The molecule has 17 heavy (non-hydrogen) atoms. The first-order valence-corrected chi connectivity index (χ1v) is 6.28. The van der Waals surface area contributed by atoms with Crippen LogP contribution >= 0.6 is 15.9 Å².